The van der Waals surface area contributed by atoms with Crippen molar-refractivity contribution in [1.82, 2.24) is 0 Å². The van der Waals surface area contributed by atoms with Gasteiger partial charge in [0, 0.05) is 17.3 Å². The first-order chi connectivity index (χ1) is 7.99. The second-order valence-electron chi connectivity index (χ2n) is 3.83. The van der Waals surface area contributed by atoms with Gasteiger partial charge in [-0.2, -0.15) is 0 Å². The first kappa shape index (κ1) is 13.0. The fourth-order valence-electron chi connectivity index (χ4n) is 1.70. The number of aryl methyl sites for hydroxylation is 1. The molecule has 1 aromatic rings. The molecule has 3 nitrogen and oxygen atoms in total. The zero-order valence-electron chi connectivity index (χ0n) is 10.4. The van der Waals surface area contributed by atoms with Gasteiger partial charge in [0.15, 0.2) is 5.78 Å². The summed E-state index contributed by atoms with van der Waals surface area (Å²) in [5, 5.41) is 0. The van der Waals surface area contributed by atoms with Gasteiger partial charge < -0.3 is 10.5 Å². The molecule has 0 fully saturated rings. The highest BCUT2D eigenvalue weighted by Gasteiger charge is 2.08. The molecule has 1 aromatic carbocycles. The third-order valence-electron chi connectivity index (χ3n) is 2.42. The van der Waals surface area contributed by atoms with E-state index in [-0.39, 0.29) is 5.78 Å². The first-order valence-corrected chi connectivity index (χ1v) is 5.28. The van der Waals surface area contributed by atoms with Gasteiger partial charge in [0.1, 0.15) is 5.75 Å². The summed E-state index contributed by atoms with van der Waals surface area (Å²) in [6.07, 6.45) is 3.12. The molecule has 0 aromatic heterocycles. The van der Waals surface area contributed by atoms with Crippen LogP contribution >= 0.6 is 0 Å². The molecule has 0 aliphatic heterocycles. The molecule has 0 unspecified atom stereocenters. The van der Waals surface area contributed by atoms with Crippen molar-refractivity contribution in [1.29, 1.82) is 0 Å². The van der Waals surface area contributed by atoms with Crippen LogP contribution < -0.4 is 10.5 Å². The van der Waals surface area contributed by atoms with Crippen LogP contribution in [0.25, 0.3) is 11.8 Å². The predicted octanol–water partition coefficient (Wildman–Crippen LogP) is 2.54. The van der Waals surface area contributed by atoms with Crippen molar-refractivity contribution in [3.05, 3.63) is 41.5 Å². The summed E-state index contributed by atoms with van der Waals surface area (Å²) in [5.41, 5.74) is 8.92. The van der Waals surface area contributed by atoms with Gasteiger partial charge in [0.2, 0.25) is 0 Å². The second kappa shape index (κ2) is 5.34. The van der Waals surface area contributed by atoms with Crippen molar-refractivity contribution in [3.8, 4) is 5.75 Å². The molecule has 0 atom stereocenters. The van der Waals surface area contributed by atoms with Crippen molar-refractivity contribution in [2.75, 3.05) is 7.11 Å². The summed E-state index contributed by atoms with van der Waals surface area (Å²) >= 11 is 0. The van der Waals surface area contributed by atoms with Gasteiger partial charge in [0.05, 0.1) is 7.11 Å². The number of ether oxygens (including phenoxy) is 1. The summed E-state index contributed by atoms with van der Waals surface area (Å²) in [5.74, 6) is 0.704. The number of benzene rings is 1. The first-order valence-electron chi connectivity index (χ1n) is 5.28. The number of carbonyl (C=O) groups is 1. The number of hydrogen-bond donors (Lipinski definition) is 1. The van der Waals surface area contributed by atoms with Crippen LogP contribution in [-0.4, -0.2) is 12.9 Å². The van der Waals surface area contributed by atoms with Crippen molar-refractivity contribution in [3.63, 3.8) is 0 Å². The number of hydrogen-bond acceptors (Lipinski definition) is 3. The largest absolute Gasteiger partial charge is 0.496 e. The van der Waals surface area contributed by atoms with Crippen molar-refractivity contribution in [2.24, 2.45) is 5.73 Å². The van der Waals surface area contributed by atoms with Gasteiger partial charge >= 0.3 is 0 Å². The van der Waals surface area contributed by atoms with Crippen LogP contribution in [0.3, 0.4) is 0 Å². The highest BCUT2D eigenvalue weighted by atomic mass is 16.5. The predicted molar refractivity (Wildman–Crippen MR) is 70.7 cm³/mol. The van der Waals surface area contributed by atoms with Crippen LogP contribution in [0.1, 0.15) is 23.6 Å². The zero-order chi connectivity index (χ0) is 13.0. The molecule has 0 saturated heterocycles. The number of methoxy groups -OCH3 is 1. The SMILES string of the molecule is C=Cc1cc(/C(N)=C/C(C)=O)cc(C)c1OC. The fraction of sp³-hybridized carbons (Fsp3) is 0.214. The third kappa shape index (κ3) is 2.97. The summed E-state index contributed by atoms with van der Waals surface area (Å²) in [6.45, 7) is 7.13. The molecule has 1 rings (SSSR count). The Bertz CT molecular complexity index is 487. The maximum Gasteiger partial charge on any atom is 0.154 e. The number of rotatable bonds is 4. The lowest BCUT2D eigenvalue weighted by Crippen LogP contribution is -2.01. The minimum Gasteiger partial charge on any atom is -0.496 e. The Hall–Kier alpha value is -2.03. The third-order valence-corrected chi connectivity index (χ3v) is 2.42. The molecule has 3 heteroatoms. The zero-order valence-corrected chi connectivity index (χ0v) is 10.4. The van der Waals surface area contributed by atoms with E-state index in [1.165, 1.54) is 13.0 Å². The van der Waals surface area contributed by atoms with Gasteiger partial charge in [0.25, 0.3) is 0 Å². The lowest BCUT2D eigenvalue weighted by molar-refractivity contribution is -0.112. The van der Waals surface area contributed by atoms with Crippen LogP contribution in [0.15, 0.2) is 24.8 Å². The molecule has 0 heterocycles. The Morgan fingerprint density at radius 3 is 2.59 bits per heavy atom. The average molecular weight is 231 g/mol. The molecule has 0 aliphatic carbocycles. The summed E-state index contributed by atoms with van der Waals surface area (Å²) in [6, 6.07) is 3.74. The van der Waals surface area contributed by atoms with E-state index in [1.54, 1.807) is 13.2 Å². The lowest BCUT2D eigenvalue weighted by Gasteiger charge is -2.11. The Kier molecular flexibility index (Phi) is 4.10. The van der Waals surface area contributed by atoms with E-state index in [9.17, 15) is 4.79 Å². The maximum atomic E-state index is 11.0. The minimum atomic E-state index is -0.0730. The van der Waals surface area contributed by atoms with Crippen molar-refractivity contribution >= 4 is 17.6 Å². The maximum absolute atomic E-state index is 11.0. The van der Waals surface area contributed by atoms with Crippen molar-refractivity contribution < 1.29 is 9.53 Å². The highest BCUT2D eigenvalue weighted by Crippen LogP contribution is 2.27. The van der Waals surface area contributed by atoms with Crippen LogP contribution in [0, 0.1) is 6.92 Å². The quantitative estimate of drug-likeness (QED) is 0.810. The molecule has 0 saturated carbocycles. The highest BCUT2D eigenvalue weighted by molar-refractivity contribution is 5.94. The summed E-state index contributed by atoms with van der Waals surface area (Å²) in [4.78, 5) is 11.0. The Balaban J connectivity index is 3.34. The molecule has 0 aliphatic rings. The van der Waals surface area contributed by atoms with E-state index in [2.05, 4.69) is 6.58 Å². The molecule has 90 valence electrons. The van der Waals surface area contributed by atoms with Crippen LogP contribution in [0.5, 0.6) is 5.75 Å². The Morgan fingerprint density at radius 1 is 1.47 bits per heavy atom. The van der Waals surface area contributed by atoms with Crippen LogP contribution in [0.2, 0.25) is 0 Å². The van der Waals surface area contributed by atoms with E-state index in [1.807, 2.05) is 19.1 Å². The average Bonchev–Trinajstić information content (AvgIpc) is 2.26. The number of nitrogens with two attached hydrogens (primary N) is 1. The van der Waals surface area contributed by atoms with E-state index in [0.29, 0.717) is 5.70 Å². The Morgan fingerprint density at radius 2 is 2.12 bits per heavy atom. The molecule has 2 N–H and O–H groups in total. The smallest absolute Gasteiger partial charge is 0.154 e. The Labute approximate surface area is 102 Å². The van der Waals surface area contributed by atoms with Crippen molar-refractivity contribution in [2.45, 2.75) is 13.8 Å². The molecule has 0 spiro atoms. The second-order valence-corrected chi connectivity index (χ2v) is 3.83. The van der Waals surface area contributed by atoms with E-state index < -0.39 is 0 Å². The van der Waals surface area contributed by atoms with Gasteiger partial charge in [-0.1, -0.05) is 12.7 Å². The molecule has 0 bridgehead atoms. The van der Waals surface area contributed by atoms with Gasteiger partial charge in [-0.25, -0.2) is 0 Å². The van der Waals surface area contributed by atoms with Crippen LogP contribution in [0.4, 0.5) is 0 Å². The van der Waals surface area contributed by atoms with E-state index in [4.69, 9.17) is 10.5 Å². The standard InChI is InChI=1S/C14H17NO2/c1-5-11-8-12(13(15)7-10(3)16)6-9(2)14(11)17-4/h5-8H,1,15H2,2-4H3/b13-7-. The monoisotopic (exact) mass is 231 g/mol. The van der Waals surface area contributed by atoms with Gasteiger partial charge in [-0.3, -0.25) is 4.79 Å². The molecule has 0 amide bonds. The van der Waals surface area contributed by atoms with E-state index >= 15 is 0 Å². The van der Waals surface area contributed by atoms with E-state index in [0.717, 1.165) is 22.4 Å². The molecule has 17 heavy (non-hydrogen) atoms. The lowest BCUT2D eigenvalue weighted by atomic mass is 10.0. The molecular weight excluding hydrogens is 214 g/mol. The normalized spacial score (nSPS) is 11.1. The van der Waals surface area contributed by atoms with Crippen LogP contribution in [-0.2, 0) is 4.79 Å². The fourth-order valence-corrected chi connectivity index (χ4v) is 1.70. The van der Waals surface area contributed by atoms with Gasteiger partial charge in [-0.15, -0.1) is 0 Å². The van der Waals surface area contributed by atoms with Gasteiger partial charge in [-0.05, 0) is 37.1 Å². The summed E-state index contributed by atoms with van der Waals surface area (Å²) < 4.78 is 5.28. The number of ketones is 1. The number of allylic oxidation sites excluding steroid dienone is 1. The topological polar surface area (TPSA) is 52.3 Å². The number of carbonyl (C=O) groups excluding carboxylic acids is 1. The minimum absolute atomic E-state index is 0.0730. The molecular formula is C14H17NO2. The molecule has 0 radical (unpaired) electrons. The summed E-state index contributed by atoms with van der Waals surface area (Å²) in [7, 11) is 1.61.